The number of nitrogens with zero attached hydrogens (tertiary/aromatic N) is 3. The Labute approximate surface area is 253 Å². The highest BCUT2D eigenvalue weighted by Gasteiger charge is 2.52. The molecule has 0 bridgehead atoms. The summed E-state index contributed by atoms with van der Waals surface area (Å²) in [4.78, 5) is 48.8. The predicted molar refractivity (Wildman–Crippen MR) is 158 cm³/mol. The second-order valence-electron chi connectivity index (χ2n) is 9.78. The number of ether oxygens (including phenoxy) is 4. The molecule has 2 unspecified atom stereocenters. The maximum atomic E-state index is 13.8. The number of carboxylic acid groups (broad SMARTS) is 1. The molecular weight excluding hydrogens is 568 g/mol. The Morgan fingerprint density at radius 1 is 0.932 bits per heavy atom. The number of nitrogens with one attached hydrogen (secondary N) is 1. The summed E-state index contributed by atoms with van der Waals surface area (Å²) in [6, 6.07) is 23.8. The van der Waals surface area contributed by atoms with Crippen LogP contribution in [-0.4, -0.2) is 66.9 Å². The summed E-state index contributed by atoms with van der Waals surface area (Å²) in [6.07, 6.45) is -1.67. The van der Waals surface area contributed by atoms with Crippen molar-refractivity contribution in [1.82, 2.24) is 15.3 Å². The number of hydrogen-bond donors (Lipinski definition) is 2. The van der Waals surface area contributed by atoms with Crippen molar-refractivity contribution in [1.29, 1.82) is 0 Å². The quantitative estimate of drug-likeness (QED) is 0.259. The summed E-state index contributed by atoms with van der Waals surface area (Å²) < 4.78 is 21.3. The number of hydrogen-bond acceptors (Lipinski definition) is 10. The Morgan fingerprint density at radius 2 is 1.57 bits per heavy atom. The van der Waals surface area contributed by atoms with Crippen molar-refractivity contribution in [3.05, 3.63) is 107 Å². The van der Waals surface area contributed by atoms with Crippen LogP contribution in [0.15, 0.2) is 84.9 Å². The third-order valence-corrected chi connectivity index (χ3v) is 7.30. The molecule has 1 aliphatic heterocycles. The van der Waals surface area contributed by atoms with E-state index in [0.29, 0.717) is 22.4 Å². The molecule has 0 fully saturated rings. The number of amides is 1. The molecule has 12 nitrogen and oxygen atoms in total. The molecule has 3 aromatic carbocycles. The Balaban J connectivity index is 1.66. The zero-order chi connectivity index (χ0) is 31.3. The first kappa shape index (κ1) is 30.0. The lowest BCUT2D eigenvalue weighted by Gasteiger charge is -2.39. The van der Waals surface area contributed by atoms with Gasteiger partial charge in [-0.05, 0) is 29.3 Å². The Morgan fingerprint density at radius 3 is 2.18 bits per heavy atom. The molecule has 5 rings (SSSR count). The van der Waals surface area contributed by atoms with Gasteiger partial charge in [-0.1, -0.05) is 60.7 Å². The first-order chi connectivity index (χ1) is 21.3. The topological polar surface area (TPSA) is 149 Å². The number of rotatable bonds is 10. The monoisotopic (exact) mass is 598 g/mol. The van der Waals surface area contributed by atoms with Crippen molar-refractivity contribution >= 4 is 23.5 Å². The van der Waals surface area contributed by atoms with Crippen molar-refractivity contribution in [3.63, 3.8) is 0 Å². The number of carbonyl (C=O) groups is 3. The molecule has 226 valence electrons. The molecule has 2 N–H and O–H groups in total. The Kier molecular flexibility index (Phi) is 8.72. The van der Waals surface area contributed by atoms with E-state index in [1.807, 2.05) is 6.07 Å². The molecule has 0 spiro atoms. The number of methoxy groups -OCH3 is 3. The molecule has 1 aliphatic rings. The molecule has 4 aromatic rings. The van der Waals surface area contributed by atoms with Crippen molar-refractivity contribution in [2.45, 2.75) is 18.2 Å². The normalized spacial score (nSPS) is 16.7. The van der Waals surface area contributed by atoms with Crippen LogP contribution in [0.2, 0.25) is 0 Å². The summed E-state index contributed by atoms with van der Waals surface area (Å²) >= 11 is 0. The minimum Gasteiger partial charge on any atom is -0.481 e. The highest BCUT2D eigenvalue weighted by Crippen LogP contribution is 2.42. The van der Waals surface area contributed by atoms with Crippen LogP contribution in [0.3, 0.4) is 0 Å². The average molecular weight is 599 g/mol. The fourth-order valence-electron chi connectivity index (χ4n) is 5.22. The summed E-state index contributed by atoms with van der Waals surface area (Å²) in [7, 11) is 4.11. The van der Waals surface area contributed by atoms with Gasteiger partial charge in [0.05, 0.1) is 46.0 Å². The molecule has 0 radical (unpaired) electrons. The van der Waals surface area contributed by atoms with E-state index in [9.17, 15) is 19.5 Å². The number of esters is 1. The summed E-state index contributed by atoms with van der Waals surface area (Å²) in [5.74, 6) is -1.89. The molecule has 0 saturated heterocycles. The van der Waals surface area contributed by atoms with E-state index >= 15 is 0 Å². The molecule has 2 heterocycles. The van der Waals surface area contributed by atoms with Crippen LogP contribution in [0.5, 0.6) is 17.8 Å². The lowest BCUT2D eigenvalue weighted by atomic mass is 9.77. The zero-order valence-corrected chi connectivity index (χ0v) is 24.2. The Hall–Kier alpha value is -5.49. The number of benzene rings is 3. The molecule has 0 aliphatic carbocycles. The molecule has 1 amide bonds. The first-order valence-electron chi connectivity index (χ1n) is 13.5. The van der Waals surface area contributed by atoms with Gasteiger partial charge >= 0.3 is 17.9 Å². The molecule has 0 saturated carbocycles. The third-order valence-electron chi connectivity index (χ3n) is 7.30. The zero-order valence-electron chi connectivity index (χ0n) is 24.2. The number of para-hydroxylation sites is 1. The van der Waals surface area contributed by atoms with Crippen LogP contribution in [0, 0.1) is 0 Å². The van der Waals surface area contributed by atoms with Crippen LogP contribution in [0.1, 0.15) is 27.0 Å². The SMILES string of the molecule is COC(=O)c1ccc(CN2C(=O)CNC(c3ccccc3)(C(Oc3nc(OC)cc(OC)n3)C(=O)O)c3ccccc32)cc1. The van der Waals surface area contributed by atoms with Gasteiger partial charge in [0.25, 0.3) is 0 Å². The van der Waals surface area contributed by atoms with Gasteiger partial charge in [0.2, 0.25) is 23.8 Å². The standard InChI is InChI=1S/C32H30N4O8/c1-41-25-17-26(42-2)35-31(34-25)44-28(29(38)39)32(22-9-5-4-6-10-22)23-11-7-8-12-24(23)36(27(37)18-33-32)19-20-13-15-21(16-14-20)30(40)43-3/h4-17,28,33H,18-19H2,1-3H3,(H,38,39). The Bertz CT molecular complexity index is 1640. The van der Waals surface area contributed by atoms with Gasteiger partial charge in [0.1, 0.15) is 5.54 Å². The van der Waals surface area contributed by atoms with Gasteiger partial charge in [-0.2, -0.15) is 9.97 Å². The molecule has 1 aromatic heterocycles. The van der Waals surface area contributed by atoms with Crippen LogP contribution < -0.4 is 24.4 Å². The minimum absolute atomic E-state index is 0.110. The van der Waals surface area contributed by atoms with Crippen LogP contribution in [0.4, 0.5) is 5.69 Å². The first-order valence-corrected chi connectivity index (χ1v) is 13.5. The van der Waals surface area contributed by atoms with Crippen molar-refractivity contribution in [2.24, 2.45) is 0 Å². The number of carboxylic acids is 1. The average Bonchev–Trinajstić information content (AvgIpc) is 3.18. The fourth-order valence-corrected chi connectivity index (χ4v) is 5.22. The smallest absolute Gasteiger partial charge is 0.347 e. The van der Waals surface area contributed by atoms with E-state index in [-0.39, 0.29) is 36.8 Å². The highest BCUT2D eigenvalue weighted by molar-refractivity contribution is 5.97. The summed E-state index contributed by atoms with van der Waals surface area (Å²) in [5, 5.41) is 14.0. The van der Waals surface area contributed by atoms with Gasteiger partial charge < -0.3 is 29.0 Å². The minimum atomic E-state index is -1.67. The van der Waals surface area contributed by atoms with Crippen molar-refractivity contribution in [3.8, 4) is 17.8 Å². The van der Waals surface area contributed by atoms with Crippen LogP contribution in [0.25, 0.3) is 0 Å². The van der Waals surface area contributed by atoms with Gasteiger partial charge in [-0.25, -0.2) is 9.59 Å². The van der Waals surface area contributed by atoms with Crippen molar-refractivity contribution in [2.75, 3.05) is 32.8 Å². The second-order valence-corrected chi connectivity index (χ2v) is 9.78. The maximum Gasteiger partial charge on any atom is 0.347 e. The molecular formula is C32H30N4O8. The van der Waals surface area contributed by atoms with E-state index in [1.165, 1.54) is 27.4 Å². The van der Waals surface area contributed by atoms with E-state index in [1.54, 1.807) is 77.7 Å². The number of aliphatic carboxylic acids is 1. The maximum absolute atomic E-state index is 13.8. The summed E-state index contributed by atoms with van der Waals surface area (Å²) in [5.41, 5.74) is 1.01. The fraction of sp³-hybridized carbons (Fsp3) is 0.219. The molecule has 44 heavy (non-hydrogen) atoms. The van der Waals surface area contributed by atoms with E-state index in [0.717, 1.165) is 5.56 Å². The lowest BCUT2D eigenvalue weighted by molar-refractivity contribution is -0.149. The van der Waals surface area contributed by atoms with Crippen molar-refractivity contribution < 1.29 is 38.4 Å². The number of anilines is 1. The highest BCUT2D eigenvalue weighted by atomic mass is 16.5. The van der Waals surface area contributed by atoms with E-state index < -0.39 is 23.6 Å². The largest absolute Gasteiger partial charge is 0.481 e. The number of fused-ring (bicyclic) bond motifs is 1. The predicted octanol–water partition coefficient (Wildman–Crippen LogP) is 3.19. The van der Waals surface area contributed by atoms with Crippen LogP contribution >= 0.6 is 0 Å². The molecule has 2 atom stereocenters. The lowest BCUT2D eigenvalue weighted by Crippen LogP contribution is -2.58. The third kappa shape index (κ3) is 5.75. The van der Waals surface area contributed by atoms with Crippen LogP contribution in [-0.2, 0) is 26.4 Å². The number of aromatic nitrogens is 2. The molecule has 12 heteroatoms. The second kappa shape index (κ2) is 12.8. The van der Waals surface area contributed by atoms with Gasteiger partial charge in [0.15, 0.2) is 0 Å². The summed E-state index contributed by atoms with van der Waals surface area (Å²) in [6.45, 7) is -0.0854. The van der Waals surface area contributed by atoms with Gasteiger partial charge in [-0.3, -0.25) is 10.1 Å². The van der Waals surface area contributed by atoms with Gasteiger partial charge in [0, 0.05) is 11.3 Å². The van der Waals surface area contributed by atoms with E-state index in [2.05, 4.69) is 15.3 Å². The van der Waals surface area contributed by atoms with Gasteiger partial charge in [-0.15, -0.1) is 0 Å². The number of carbonyl (C=O) groups excluding carboxylic acids is 2. The van der Waals surface area contributed by atoms with E-state index in [4.69, 9.17) is 18.9 Å².